The molecule has 1 unspecified atom stereocenters. The third-order valence-corrected chi connectivity index (χ3v) is 5.18. The van der Waals surface area contributed by atoms with Crippen LogP contribution in [0.4, 0.5) is 11.4 Å². The van der Waals surface area contributed by atoms with Crippen molar-refractivity contribution in [3.63, 3.8) is 0 Å². The lowest BCUT2D eigenvalue weighted by Gasteiger charge is -2.15. The van der Waals surface area contributed by atoms with Crippen molar-refractivity contribution in [1.29, 1.82) is 0 Å². The van der Waals surface area contributed by atoms with E-state index in [1.807, 2.05) is 0 Å². The molecule has 1 aromatic heterocycles. The molecular weight excluding hydrogens is 390 g/mol. The van der Waals surface area contributed by atoms with Crippen LogP contribution in [0.1, 0.15) is 16.8 Å². The van der Waals surface area contributed by atoms with Crippen LogP contribution in [-0.4, -0.2) is 45.2 Å². The largest absolute Gasteiger partial charge is 0.496 e. The van der Waals surface area contributed by atoms with Crippen molar-refractivity contribution in [2.24, 2.45) is 0 Å². The number of nitro benzene ring substituents is 1. The fourth-order valence-electron chi connectivity index (χ4n) is 2.70. The summed E-state index contributed by atoms with van der Waals surface area (Å²) in [4.78, 5) is 51.9. The van der Waals surface area contributed by atoms with Gasteiger partial charge in [0, 0.05) is 12.6 Å². The normalized spacial score (nSPS) is 16.3. The second-order valence-electron chi connectivity index (χ2n) is 5.65. The van der Waals surface area contributed by atoms with Crippen LogP contribution < -0.4 is 9.64 Å². The summed E-state index contributed by atoms with van der Waals surface area (Å²) in [5, 5.41) is 19.8. The highest BCUT2D eigenvalue weighted by Gasteiger charge is 2.43. The van der Waals surface area contributed by atoms with Gasteiger partial charge in [-0.05, 0) is 24.3 Å². The van der Waals surface area contributed by atoms with E-state index in [0.717, 1.165) is 22.7 Å². The molecule has 0 spiro atoms. The fraction of sp³-hybridized carbons (Fsp3) is 0.176. The molecule has 0 radical (unpaired) electrons. The number of carbonyl (C=O) groups excluding carboxylic acids is 2. The van der Waals surface area contributed by atoms with Crippen LogP contribution in [0, 0.1) is 10.1 Å². The maximum absolute atomic E-state index is 12.8. The molecule has 144 valence electrons. The van der Waals surface area contributed by atoms with E-state index in [2.05, 4.69) is 4.98 Å². The highest BCUT2D eigenvalue weighted by Crippen LogP contribution is 2.39. The standard InChI is InChI=1S/C17H13N3O7S/c1-27-9-4-5-11(12(7-9)20(25)26)19-14(21)8-13(16(19)22)28-15-10(17(23)24)3-2-6-18-15/h2-7,13H,8H2,1H3,(H,23,24). The zero-order chi connectivity index (χ0) is 20.4. The average molecular weight is 403 g/mol. The fourth-order valence-corrected chi connectivity index (χ4v) is 3.80. The van der Waals surface area contributed by atoms with Gasteiger partial charge in [-0.3, -0.25) is 19.7 Å². The number of carboxylic acids is 1. The monoisotopic (exact) mass is 403 g/mol. The number of benzene rings is 1. The van der Waals surface area contributed by atoms with Crippen molar-refractivity contribution >= 4 is 40.9 Å². The average Bonchev–Trinajstić information content (AvgIpc) is 2.94. The summed E-state index contributed by atoms with van der Waals surface area (Å²) in [7, 11) is 1.34. The van der Waals surface area contributed by atoms with Crippen molar-refractivity contribution in [2.75, 3.05) is 12.0 Å². The predicted molar refractivity (Wildman–Crippen MR) is 97.6 cm³/mol. The number of amides is 2. The van der Waals surface area contributed by atoms with E-state index in [9.17, 15) is 29.6 Å². The first-order chi connectivity index (χ1) is 13.3. The van der Waals surface area contributed by atoms with E-state index in [0.29, 0.717) is 0 Å². The Kier molecular flexibility index (Phi) is 5.27. The number of pyridine rings is 1. The number of hydrogen-bond acceptors (Lipinski definition) is 8. The molecule has 1 aromatic carbocycles. The molecule has 28 heavy (non-hydrogen) atoms. The van der Waals surface area contributed by atoms with Crippen molar-refractivity contribution in [1.82, 2.24) is 4.98 Å². The zero-order valence-corrected chi connectivity index (χ0v) is 15.2. The highest BCUT2D eigenvalue weighted by atomic mass is 32.2. The van der Waals surface area contributed by atoms with E-state index in [4.69, 9.17) is 4.74 Å². The van der Waals surface area contributed by atoms with Gasteiger partial charge in [0.25, 0.3) is 5.69 Å². The van der Waals surface area contributed by atoms with E-state index in [-0.39, 0.29) is 28.4 Å². The Morgan fingerprint density at radius 1 is 1.39 bits per heavy atom. The predicted octanol–water partition coefficient (Wildman–Crippen LogP) is 2.12. The van der Waals surface area contributed by atoms with Gasteiger partial charge in [0.1, 0.15) is 16.5 Å². The number of imide groups is 1. The lowest BCUT2D eigenvalue weighted by molar-refractivity contribution is -0.384. The molecule has 1 N–H and O–H groups in total. The second kappa shape index (κ2) is 7.64. The quantitative estimate of drug-likeness (QED) is 0.436. The minimum absolute atomic E-state index is 0.0900. The number of ether oxygens (including phenoxy) is 1. The summed E-state index contributed by atoms with van der Waals surface area (Å²) in [6, 6.07) is 6.58. The van der Waals surface area contributed by atoms with Crippen LogP contribution in [-0.2, 0) is 9.59 Å². The van der Waals surface area contributed by atoms with E-state index >= 15 is 0 Å². The van der Waals surface area contributed by atoms with Crippen molar-refractivity contribution in [3.8, 4) is 5.75 Å². The molecular formula is C17H13N3O7S. The number of aromatic carboxylic acids is 1. The molecule has 1 fully saturated rings. The number of carbonyl (C=O) groups is 3. The number of nitrogens with zero attached hydrogens (tertiary/aromatic N) is 3. The number of nitro groups is 1. The van der Waals surface area contributed by atoms with Crippen LogP contribution in [0.25, 0.3) is 0 Å². The van der Waals surface area contributed by atoms with Gasteiger partial charge in [-0.15, -0.1) is 0 Å². The minimum atomic E-state index is -1.21. The zero-order valence-electron chi connectivity index (χ0n) is 14.4. The number of carboxylic acid groups (broad SMARTS) is 1. The summed E-state index contributed by atoms with van der Waals surface area (Å²) in [6.45, 7) is 0. The highest BCUT2D eigenvalue weighted by molar-refractivity contribution is 8.00. The molecule has 1 saturated heterocycles. The summed E-state index contributed by atoms with van der Waals surface area (Å²) in [6.07, 6.45) is 1.14. The number of thioether (sulfide) groups is 1. The van der Waals surface area contributed by atoms with Gasteiger partial charge in [-0.2, -0.15) is 0 Å². The van der Waals surface area contributed by atoms with E-state index < -0.39 is 33.6 Å². The first-order valence-corrected chi connectivity index (χ1v) is 8.75. The molecule has 1 atom stereocenters. The van der Waals surface area contributed by atoms with Gasteiger partial charge in [0.05, 0.1) is 28.9 Å². The lowest BCUT2D eigenvalue weighted by Crippen LogP contribution is -2.31. The Morgan fingerprint density at radius 2 is 2.14 bits per heavy atom. The third-order valence-electron chi connectivity index (χ3n) is 3.98. The number of rotatable bonds is 6. The van der Waals surface area contributed by atoms with Gasteiger partial charge < -0.3 is 9.84 Å². The smallest absolute Gasteiger partial charge is 0.338 e. The topological polar surface area (TPSA) is 140 Å². The molecule has 0 aliphatic carbocycles. The molecule has 1 aliphatic heterocycles. The molecule has 1 aliphatic rings. The van der Waals surface area contributed by atoms with Crippen LogP contribution in [0.5, 0.6) is 5.75 Å². The lowest BCUT2D eigenvalue weighted by atomic mass is 10.2. The van der Waals surface area contributed by atoms with Gasteiger partial charge in [0.2, 0.25) is 11.8 Å². The van der Waals surface area contributed by atoms with Crippen LogP contribution in [0.3, 0.4) is 0 Å². The van der Waals surface area contributed by atoms with Gasteiger partial charge in [-0.25, -0.2) is 14.7 Å². The molecule has 0 bridgehead atoms. The summed E-state index contributed by atoms with van der Waals surface area (Å²) in [5.41, 5.74) is -0.708. The van der Waals surface area contributed by atoms with Crippen LogP contribution in [0.15, 0.2) is 41.6 Å². The minimum Gasteiger partial charge on any atom is -0.496 e. The molecule has 11 heteroatoms. The first kappa shape index (κ1) is 19.3. The maximum atomic E-state index is 12.8. The Hall–Kier alpha value is -3.47. The van der Waals surface area contributed by atoms with E-state index in [1.54, 1.807) is 0 Å². The van der Waals surface area contributed by atoms with E-state index in [1.165, 1.54) is 37.6 Å². The summed E-state index contributed by atoms with van der Waals surface area (Å²) < 4.78 is 4.95. The van der Waals surface area contributed by atoms with Crippen molar-refractivity contribution in [2.45, 2.75) is 16.7 Å². The van der Waals surface area contributed by atoms with Crippen molar-refractivity contribution < 1.29 is 29.2 Å². The van der Waals surface area contributed by atoms with Crippen LogP contribution in [0.2, 0.25) is 0 Å². The maximum Gasteiger partial charge on any atom is 0.338 e. The Labute approximate surface area is 162 Å². The number of methoxy groups -OCH3 is 1. The number of aromatic nitrogens is 1. The van der Waals surface area contributed by atoms with Gasteiger partial charge in [0.15, 0.2) is 0 Å². The summed E-state index contributed by atoms with van der Waals surface area (Å²) >= 11 is 0.840. The third kappa shape index (κ3) is 3.51. The van der Waals surface area contributed by atoms with Gasteiger partial charge >= 0.3 is 5.97 Å². The molecule has 3 rings (SSSR count). The SMILES string of the molecule is COc1ccc(N2C(=O)CC(Sc3ncccc3C(=O)O)C2=O)c([N+](=O)[O-])c1. The first-order valence-electron chi connectivity index (χ1n) is 7.87. The second-order valence-corrected chi connectivity index (χ2v) is 6.84. The number of anilines is 1. The van der Waals surface area contributed by atoms with Crippen molar-refractivity contribution in [3.05, 3.63) is 52.2 Å². The molecule has 2 aromatic rings. The molecule has 2 amide bonds. The molecule has 10 nitrogen and oxygen atoms in total. The van der Waals surface area contributed by atoms with Gasteiger partial charge in [-0.1, -0.05) is 11.8 Å². The Morgan fingerprint density at radius 3 is 2.79 bits per heavy atom. The Bertz CT molecular complexity index is 994. The number of hydrogen-bond donors (Lipinski definition) is 1. The van der Waals surface area contributed by atoms with Crippen LogP contribution >= 0.6 is 11.8 Å². The Balaban J connectivity index is 1.93. The molecule has 0 saturated carbocycles. The summed E-state index contributed by atoms with van der Waals surface area (Å²) in [5.74, 6) is -2.30. The molecule has 2 heterocycles.